The molecular weight excluding hydrogens is 242 g/mol. The summed E-state index contributed by atoms with van der Waals surface area (Å²) >= 11 is 0. The first-order valence-electron chi connectivity index (χ1n) is 7.83. The Labute approximate surface area is 115 Å². The van der Waals surface area contributed by atoms with Crippen molar-refractivity contribution < 1.29 is 14.6 Å². The molecule has 2 unspecified atom stereocenters. The van der Waals surface area contributed by atoms with E-state index in [-0.39, 0.29) is 6.04 Å². The minimum atomic E-state index is -0.705. The smallest absolute Gasteiger partial charge is 0.320 e. The number of aliphatic carboxylic acids is 1. The first kappa shape index (κ1) is 14.8. The Balaban J connectivity index is 1.56. The lowest BCUT2D eigenvalue weighted by atomic mass is 9.89. The fraction of sp³-hybridized carbons (Fsp3) is 0.933. The first-order valence-corrected chi connectivity index (χ1v) is 7.83. The fourth-order valence-corrected chi connectivity index (χ4v) is 3.30. The van der Waals surface area contributed by atoms with Gasteiger partial charge in [0.1, 0.15) is 6.04 Å². The van der Waals surface area contributed by atoms with Crippen molar-refractivity contribution in [3.63, 3.8) is 0 Å². The summed E-state index contributed by atoms with van der Waals surface area (Å²) in [5.41, 5.74) is 0. The zero-order valence-electron chi connectivity index (χ0n) is 11.8. The first-order chi connectivity index (χ1) is 9.25. The predicted molar refractivity (Wildman–Crippen MR) is 74.2 cm³/mol. The molecule has 0 amide bonds. The van der Waals surface area contributed by atoms with Crippen molar-refractivity contribution in [2.45, 2.75) is 69.9 Å². The van der Waals surface area contributed by atoms with Crippen LogP contribution in [0.2, 0.25) is 0 Å². The van der Waals surface area contributed by atoms with Gasteiger partial charge in [-0.1, -0.05) is 19.3 Å². The number of nitrogens with one attached hydrogen (secondary N) is 1. The average Bonchev–Trinajstić information content (AvgIpc) is 2.45. The monoisotopic (exact) mass is 269 g/mol. The molecule has 1 saturated carbocycles. The van der Waals surface area contributed by atoms with Gasteiger partial charge in [0.15, 0.2) is 0 Å². The van der Waals surface area contributed by atoms with Gasteiger partial charge in [-0.25, -0.2) is 0 Å². The molecule has 0 aromatic heterocycles. The summed E-state index contributed by atoms with van der Waals surface area (Å²) in [4.78, 5) is 10.9. The summed E-state index contributed by atoms with van der Waals surface area (Å²) in [5.74, 6) is -0.152. The molecule has 4 heteroatoms. The molecule has 19 heavy (non-hydrogen) atoms. The van der Waals surface area contributed by atoms with Crippen molar-refractivity contribution in [1.29, 1.82) is 0 Å². The molecule has 1 aliphatic heterocycles. The van der Waals surface area contributed by atoms with Gasteiger partial charge in [-0.05, 0) is 51.0 Å². The van der Waals surface area contributed by atoms with Gasteiger partial charge in [0, 0.05) is 6.61 Å². The number of piperidine rings is 1. The van der Waals surface area contributed by atoms with Crippen molar-refractivity contribution in [2.75, 3.05) is 13.2 Å². The van der Waals surface area contributed by atoms with Crippen molar-refractivity contribution in [3.05, 3.63) is 0 Å². The number of carboxylic acids is 1. The molecule has 1 saturated heterocycles. The maximum atomic E-state index is 10.9. The standard InChI is InChI=1S/C15H27NO3/c17-15(18)14-11-12(8-9-16-14)5-4-10-19-13-6-2-1-3-7-13/h12-14,16H,1-11H2,(H,17,18). The van der Waals surface area contributed by atoms with Gasteiger partial charge in [0.05, 0.1) is 6.10 Å². The third-order valence-corrected chi connectivity index (χ3v) is 4.47. The minimum Gasteiger partial charge on any atom is -0.480 e. The molecule has 4 nitrogen and oxygen atoms in total. The topological polar surface area (TPSA) is 58.6 Å². The van der Waals surface area contributed by atoms with E-state index < -0.39 is 5.97 Å². The Kier molecular flexibility index (Phi) is 6.11. The highest BCUT2D eigenvalue weighted by Gasteiger charge is 2.26. The Hall–Kier alpha value is -0.610. The highest BCUT2D eigenvalue weighted by atomic mass is 16.5. The van der Waals surface area contributed by atoms with Crippen LogP contribution in [0.25, 0.3) is 0 Å². The Morgan fingerprint density at radius 1 is 1.21 bits per heavy atom. The zero-order valence-corrected chi connectivity index (χ0v) is 11.8. The van der Waals surface area contributed by atoms with Gasteiger partial charge in [-0.15, -0.1) is 0 Å². The number of hydrogen-bond donors (Lipinski definition) is 2. The van der Waals surface area contributed by atoms with Crippen LogP contribution in [0, 0.1) is 5.92 Å². The molecule has 2 N–H and O–H groups in total. The van der Waals surface area contributed by atoms with Gasteiger partial charge in [-0.3, -0.25) is 4.79 Å². The Bertz CT molecular complexity index is 277. The zero-order chi connectivity index (χ0) is 13.5. The molecule has 0 bridgehead atoms. The number of rotatable bonds is 6. The normalized spacial score (nSPS) is 29.3. The molecule has 2 rings (SSSR count). The summed E-state index contributed by atoms with van der Waals surface area (Å²) in [6.45, 7) is 1.69. The second-order valence-electron chi connectivity index (χ2n) is 6.01. The second kappa shape index (κ2) is 7.85. The van der Waals surface area contributed by atoms with Gasteiger partial charge in [-0.2, -0.15) is 0 Å². The molecule has 1 heterocycles. The average molecular weight is 269 g/mol. The van der Waals surface area contributed by atoms with Crippen LogP contribution in [0.3, 0.4) is 0 Å². The van der Waals surface area contributed by atoms with Crippen LogP contribution in [0.15, 0.2) is 0 Å². The third-order valence-electron chi connectivity index (χ3n) is 4.47. The van der Waals surface area contributed by atoms with E-state index in [4.69, 9.17) is 9.84 Å². The van der Waals surface area contributed by atoms with Gasteiger partial charge >= 0.3 is 5.97 Å². The van der Waals surface area contributed by atoms with E-state index in [2.05, 4.69) is 5.32 Å². The maximum Gasteiger partial charge on any atom is 0.320 e. The van der Waals surface area contributed by atoms with E-state index in [1.165, 1.54) is 32.1 Å². The van der Waals surface area contributed by atoms with E-state index in [1.54, 1.807) is 0 Å². The lowest BCUT2D eigenvalue weighted by Gasteiger charge is -2.28. The molecule has 0 radical (unpaired) electrons. The number of ether oxygens (including phenoxy) is 1. The van der Waals surface area contributed by atoms with Gasteiger partial charge in [0.25, 0.3) is 0 Å². The van der Waals surface area contributed by atoms with Crippen molar-refractivity contribution in [3.8, 4) is 0 Å². The van der Waals surface area contributed by atoms with Crippen LogP contribution < -0.4 is 5.32 Å². The van der Waals surface area contributed by atoms with Crippen LogP contribution in [0.1, 0.15) is 57.8 Å². The van der Waals surface area contributed by atoms with Crippen molar-refractivity contribution in [2.24, 2.45) is 5.92 Å². The molecule has 1 aliphatic carbocycles. The van der Waals surface area contributed by atoms with Crippen LogP contribution in [-0.4, -0.2) is 36.4 Å². The molecule has 0 aromatic rings. The number of carboxylic acid groups (broad SMARTS) is 1. The minimum absolute atomic E-state index is 0.335. The van der Waals surface area contributed by atoms with Crippen molar-refractivity contribution >= 4 is 5.97 Å². The van der Waals surface area contributed by atoms with E-state index in [9.17, 15) is 4.79 Å². The van der Waals surface area contributed by atoms with Crippen molar-refractivity contribution in [1.82, 2.24) is 5.32 Å². The third kappa shape index (κ3) is 5.11. The van der Waals surface area contributed by atoms with Gasteiger partial charge < -0.3 is 15.2 Å². The van der Waals surface area contributed by atoms with Crippen LogP contribution >= 0.6 is 0 Å². The lowest BCUT2D eigenvalue weighted by molar-refractivity contribution is -0.140. The summed E-state index contributed by atoms with van der Waals surface area (Å²) < 4.78 is 5.92. The molecule has 2 atom stereocenters. The second-order valence-corrected chi connectivity index (χ2v) is 6.01. The molecular formula is C15H27NO3. The van der Waals surface area contributed by atoms with E-state index >= 15 is 0 Å². The molecule has 110 valence electrons. The van der Waals surface area contributed by atoms with E-state index in [0.29, 0.717) is 12.0 Å². The van der Waals surface area contributed by atoms with Gasteiger partial charge in [0.2, 0.25) is 0 Å². The quantitative estimate of drug-likeness (QED) is 0.728. The molecule has 2 aliphatic rings. The highest BCUT2D eigenvalue weighted by Crippen LogP contribution is 2.23. The molecule has 0 aromatic carbocycles. The summed E-state index contributed by atoms with van der Waals surface area (Å²) in [5, 5.41) is 12.1. The van der Waals surface area contributed by atoms with Crippen LogP contribution in [-0.2, 0) is 9.53 Å². The predicted octanol–water partition coefficient (Wildman–Crippen LogP) is 2.57. The lowest BCUT2D eigenvalue weighted by Crippen LogP contribution is -2.43. The molecule has 2 fully saturated rings. The van der Waals surface area contributed by atoms with Crippen LogP contribution in [0.5, 0.6) is 0 Å². The SMILES string of the molecule is O=C(O)C1CC(CCCOC2CCCCC2)CCN1. The maximum absolute atomic E-state index is 10.9. The van der Waals surface area contributed by atoms with Crippen LogP contribution in [0.4, 0.5) is 0 Å². The number of hydrogen-bond acceptors (Lipinski definition) is 3. The summed E-state index contributed by atoms with van der Waals surface area (Å²) in [6, 6.07) is -0.335. The molecule has 0 spiro atoms. The fourth-order valence-electron chi connectivity index (χ4n) is 3.30. The summed E-state index contributed by atoms with van der Waals surface area (Å²) in [7, 11) is 0. The van der Waals surface area contributed by atoms with E-state index in [0.717, 1.165) is 38.8 Å². The Morgan fingerprint density at radius 3 is 2.74 bits per heavy atom. The largest absolute Gasteiger partial charge is 0.480 e. The van der Waals surface area contributed by atoms with E-state index in [1.807, 2.05) is 0 Å². The highest BCUT2D eigenvalue weighted by molar-refractivity contribution is 5.73. The number of carbonyl (C=O) groups is 1. The summed E-state index contributed by atoms with van der Waals surface area (Å²) in [6.07, 6.45) is 11.0. The Morgan fingerprint density at radius 2 is 2.00 bits per heavy atom.